The minimum absolute atomic E-state index is 0.0856. The fourth-order valence-electron chi connectivity index (χ4n) is 0.923. The highest BCUT2D eigenvalue weighted by Gasteiger charge is 2.28. The topological polar surface area (TPSA) is 64.6 Å². The summed E-state index contributed by atoms with van der Waals surface area (Å²) in [5, 5.41) is 2.48. The molecule has 0 aromatic carbocycles. The van der Waals surface area contributed by atoms with E-state index in [0.717, 1.165) is 0 Å². The molecule has 0 saturated carbocycles. The van der Waals surface area contributed by atoms with Gasteiger partial charge in [0.1, 0.15) is 11.6 Å². The van der Waals surface area contributed by atoms with Crippen LogP contribution in [0.15, 0.2) is 0 Å². The van der Waals surface area contributed by atoms with Gasteiger partial charge >= 0.3 is 12.1 Å². The van der Waals surface area contributed by atoms with Crippen LogP contribution in [0.5, 0.6) is 0 Å². The molecule has 0 aliphatic carbocycles. The van der Waals surface area contributed by atoms with Crippen molar-refractivity contribution >= 4 is 34.7 Å². The molecule has 5 nitrogen and oxygen atoms in total. The van der Waals surface area contributed by atoms with Crippen molar-refractivity contribution in [2.24, 2.45) is 0 Å². The Labute approximate surface area is 109 Å². The Morgan fingerprint density at radius 2 is 1.81 bits per heavy atom. The number of esters is 1. The number of methoxy groups -OCH3 is 1. The number of hydrogen-bond donors (Lipinski definition) is 1. The summed E-state index contributed by atoms with van der Waals surface area (Å²) in [6.45, 7) is 7.08. The number of halogens is 1. The lowest BCUT2D eigenvalue weighted by atomic mass is 10.2. The first-order valence-electron chi connectivity index (χ1n) is 4.89. The number of rotatable bonds is 3. The summed E-state index contributed by atoms with van der Waals surface area (Å²) >= 11 is 2.04. The van der Waals surface area contributed by atoms with Crippen molar-refractivity contribution in [2.45, 2.75) is 43.3 Å². The molecular formula is C10H18INO4. The van der Waals surface area contributed by atoms with E-state index < -0.39 is 23.7 Å². The molecule has 0 heterocycles. The molecule has 0 fully saturated rings. The molecule has 0 aliphatic heterocycles. The number of carbonyl (C=O) groups is 2. The molecule has 0 aromatic rings. The van der Waals surface area contributed by atoms with E-state index in [2.05, 4.69) is 10.1 Å². The Hall–Kier alpha value is -0.530. The molecule has 0 bridgehead atoms. The Morgan fingerprint density at radius 1 is 1.31 bits per heavy atom. The maximum atomic E-state index is 11.4. The van der Waals surface area contributed by atoms with Gasteiger partial charge in [0.25, 0.3) is 0 Å². The molecule has 0 spiro atoms. The standard InChI is InChI=1S/C10H18INO4/c1-6(11)7(8(13)15-5)12-9(14)16-10(2,3)4/h6-7H,1-5H3,(H,12,14)/t6-,7-/m0/s1. The quantitative estimate of drug-likeness (QED) is 0.483. The summed E-state index contributed by atoms with van der Waals surface area (Å²) in [4.78, 5) is 22.8. The molecule has 2 atom stereocenters. The van der Waals surface area contributed by atoms with Crippen LogP contribution in [-0.2, 0) is 14.3 Å². The van der Waals surface area contributed by atoms with Crippen LogP contribution in [-0.4, -0.2) is 34.7 Å². The summed E-state index contributed by atoms with van der Waals surface area (Å²) < 4.78 is 9.56. The molecule has 0 rings (SSSR count). The van der Waals surface area contributed by atoms with E-state index >= 15 is 0 Å². The Morgan fingerprint density at radius 3 is 2.12 bits per heavy atom. The molecular weight excluding hydrogens is 325 g/mol. The van der Waals surface area contributed by atoms with Crippen LogP contribution in [0.4, 0.5) is 4.79 Å². The first-order valence-corrected chi connectivity index (χ1v) is 6.13. The minimum atomic E-state index is -0.694. The van der Waals surface area contributed by atoms with Gasteiger partial charge in [0, 0.05) is 3.92 Å². The molecule has 0 aliphatic rings. The van der Waals surface area contributed by atoms with Crippen molar-refractivity contribution in [3.05, 3.63) is 0 Å². The minimum Gasteiger partial charge on any atom is -0.467 e. The Balaban J connectivity index is 4.42. The van der Waals surface area contributed by atoms with Gasteiger partial charge in [-0.15, -0.1) is 0 Å². The lowest BCUT2D eigenvalue weighted by Crippen LogP contribution is -2.47. The lowest BCUT2D eigenvalue weighted by Gasteiger charge is -2.23. The van der Waals surface area contributed by atoms with Gasteiger partial charge in [-0.3, -0.25) is 0 Å². The van der Waals surface area contributed by atoms with Crippen LogP contribution in [0, 0.1) is 0 Å². The predicted molar refractivity (Wildman–Crippen MR) is 68.7 cm³/mol. The fraction of sp³-hybridized carbons (Fsp3) is 0.800. The predicted octanol–water partition coefficient (Wildman–Crippen LogP) is 1.88. The van der Waals surface area contributed by atoms with Gasteiger partial charge in [0.05, 0.1) is 7.11 Å². The van der Waals surface area contributed by atoms with Gasteiger partial charge in [0.15, 0.2) is 0 Å². The summed E-state index contributed by atoms with van der Waals surface area (Å²) in [5.74, 6) is -0.479. The first-order chi connectivity index (χ1) is 7.17. The second kappa shape index (κ2) is 6.27. The highest BCUT2D eigenvalue weighted by atomic mass is 127. The first kappa shape index (κ1) is 15.5. The molecule has 94 valence electrons. The van der Waals surface area contributed by atoms with Gasteiger partial charge < -0.3 is 14.8 Å². The normalized spacial score (nSPS) is 14.9. The monoisotopic (exact) mass is 343 g/mol. The molecule has 6 heteroatoms. The van der Waals surface area contributed by atoms with Crippen molar-refractivity contribution in [3.63, 3.8) is 0 Å². The highest BCUT2D eigenvalue weighted by Crippen LogP contribution is 2.10. The average Bonchev–Trinajstić information content (AvgIpc) is 2.09. The smallest absolute Gasteiger partial charge is 0.408 e. The SMILES string of the molecule is COC(=O)[C@@H](NC(=O)OC(C)(C)C)[C@H](C)I. The Bertz CT molecular complexity index is 260. The summed E-state index contributed by atoms with van der Waals surface area (Å²) in [6, 6.07) is -0.694. The second-order valence-electron chi connectivity index (χ2n) is 4.32. The zero-order valence-corrected chi connectivity index (χ0v) is 12.3. The highest BCUT2D eigenvalue weighted by molar-refractivity contribution is 14.1. The van der Waals surface area contributed by atoms with Gasteiger partial charge in [0.2, 0.25) is 0 Å². The third-order valence-corrected chi connectivity index (χ3v) is 2.31. The van der Waals surface area contributed by atoms with Crippen LogP contribution in [0.3, 0.4) is 0 Å². The third kappa shape index (κ3) is 6.14. The number of nitrogens with one attached hydrogen (secondary N) is 1. The molecule has 0 radical (unpaired) electrons. The van der Waals surface area contributed by atoms with E-state index in [1.165, 1.54) is 7.11 Å². The van der Waals surface area contributed by atoms with Crippen LogP contribution in [0.1, 0.15) is 27.7 Å². The van der Waals surface area contributed by atoms with Crippen molar-refractivity contribution in [1.29, 1.82) is 0 Å². The second-order valence-corrected chi connectivity index (χ2v) is 6.29. The van der Waals surface area contributed by atoms with E-state index in [9.17, 15) is 9.59 Å². The molecule has 1 amide bonds. The number of alkyl carbamates (subject to hydrolysis) is 1. The van der Waals surface area contributed by atoms with E-state index in [1.54, 1.807) is 27.7 Å². The van der Waals surface area contributed by atoms with Crippen LogP contribution < -0.4 is 5.32 Å². The Kier molecular flexibility index (Phi) is 6.06. The number of amides is 1. The number of alkyl halides is 1. The lowest BCUT2D eigenvalue weighted by molar-refractivity contribution is -0.142. The molecule has 16 heavy (non-hydrogen) atoms. The summed E-state index contributed by atoms with van der Waals surface area (Å²) in [5.41, 5.74) is -0.584. The van der Waals surface area contributed by atoms with Crippen LogP contribution >= 0.6 is 22.6 Å². The fourth-order valence-corrected chi connectivity index (χ4v) is 1.40. The molecule has 0 aromatic heterocycles. The molecule has 1 N–H and O–H groups in total. The molecule has 0 unspecified atom stereocenters. The van der Waals surface area contributed by atoms with E-state index in [-0.39, 0.29) is 3.92 Å². The molecule has 0 saturated heterocycles. The maximum Gasteiger partial charge on any atom is 0.408 e. The van der Waals surface area contributed by atoms with Crippen molar-refractivity contribution < 1.29 is 19.1 Å². The van der Waals surface area contributed by atoms with E-state index in [4.69, 9.17) is 4.74 Å². The van der Waals surface area contributed by atoms with Gasteiger partial charge in [-0.1, -0.05) is 29.5 Å². The van der Waals surface area contributed by atoms with Gasteiger partial charge in [-0.25, -0.2) is 9.59 Å². The third-order valence-electron chi connectivity index (χ3n) is 1.59. The van der Waals surface area contributed by atoms with Crippen molar-refractivity contribution in [3.8, 4) is 0 Å². The number of carbonyl (C=O) groups excluding carboxylic acids is 2. The summed E-state index contributed by atoms with van der Waals surface area (Å²) in [7, 11) is 1.28. The van der Waals surface area contributed by atoms with Crippen molar-refractivity contribution in [1.82, 2.24) is 5.32 Å². The van der Waals surface area contributed by atoms with Gasteiger partial charge in [-0.05, 0) is 20.8 Å². The van der Waals surface area contributed by atoms with Crippen LogP contribution in [0.25, 0.3) is 0 Å². The average molecular weight is 343 g/mol. The summed E-state index contributed by atoms with van der Waals surface area (Å²) in [6.07, 6.45) is -0.619. The van der Waals surface area contributed by atoms with E-state index in [0.29, 0.717) is 0 Å². The van der Waals surface area contributed by atoms with Crippen molar-refractivity contribution in [2.75, 3.05) is 7.11 Å². The zero-order valence-electron chi connectivity index (χ0n) is 10.2. The zero-order chi connectivity index (χ0) is 12.9. The van der Waals surface area contributed by atoms with Gasteiger partial charge in [-0.2, -0.15) is 0 Å². The largest absolute Gasteiger partial charge is 0.467 e. The van der Waals surface area contributed by atoms with E-state index in [1.807, 2.05) is 22.6 Å². The number of ether oxygens (including phenoxy) is 2. The van der Waals surface area contributed by atoms with Crippen LogP contribution in [0.2, 0.25) is 0 Å². The number of hydrogen-bond acceptors (Lipinski definition) is 4. The maximum absolute atomic E-state index is 11.4.